The van der Waals surface area contributed by atoms with Gasteiger partial charge in [0, 0.05) is 32.5 Å². The van der Waals surface area contributed by atoms with Gasteiger partial charge in [-0.1, -0.05) is 18.2 Å². The molecule has 0 saturated carbocycles. The van der Waals surface area contributed by atoms with Gasteiger partial charge in [0.1, 0.15) is 24.7 Å². The summed E-state index contributed by atoms with van der Waals surface area (Å²) in [6.45, 7) is 3.01. The fourth-order valence-corrected chi connectivity index (χ4v) is 2.09. The number of hydrogen-bond donors (Lipinski definition) is 1. The number of ether oxygens (including phenoxy) is 4. The standard InChI is InChI=1S/C19H25NO4/c1-21-10-12-23-18-8-6-16(7-9-18)15-20-17-4-3-5-19(14-17)24-13-11-22-2/h3-9,14,20H,10-13,15H2,1-2H3. The molecule has 0 saturated heterocycles. The fraction of sp³-hybridized carbons (Fsp3) is 0.368. The van der Waals surface area contributed by atoms with Gasteiger partial charge in [-0.25, -0.2) is 0 Å². The normalized spacial score (nSPS) is 10.4. The van der Waals surface area contributed by atoms with E-state index < -0.39 is 0 Å². The van der Waals surface area contributed by atoms with Crippen LogP contribution in [0.4, 0.5) is 5.69 Å². The second-order valence-corrected chi connectivity index (χ2v) is 5.21. The van der Waals surface area contributed by atoms with E-state index >= 15 is 0 Å². The Morgan fingerprint density at radius 2 is 1.42 bits per heavy atom. The Hall–Kier alpha value is -2.24. The summed E-state index contributed by atoms with van der Waals surface area (Å²) in [6, 6.07) is 15.9. The monoisotopic (exact) mass is 331 g/mol. The fourth-order valence-electron chi connectivity index (χ4n) is 2.09. The average molecular weight is 331 g/mol. The van der Waals surface area contributed by atoms with Crippen LogP contribution in [-0.2, 0) is 16.0 Å². The van der Waals surface area contributed by atoms with Gasteiger partial charge >= 0.3 is 0 Å². The summed E-state index contributed by atoms with van der Waals surface area (Å²) in [7, 11) is 3.32. The highest BCUT2D eigenvalue weighted by Crippen LogP contribution is 2.19. The lowest BCUT2D eigenvalue weighted by Gasteiger charge is -2.10. The molecule has 0 aliphatic carbocycles. The Balaban J connectivity index is 1.81. The van der Waals surface area contributed by atoms with Crippen molar-refractivity contribution in [3.8, 4) is 11.5 Å². The third kappa shape index (κ3) is 6.48. The van der Waals surface area contributed by atoms with Crippen molar-refractivity contribution in [1.82, 2.24) is 0 Å². The van der Waals surface area contributed by atoms with E-state index in [0.717, 1.165) is 23.7 Å². The molecule has 2 aromatic carbocycles. The molecule has 0 aliphatic rings. The van der Waals surface area contributed by atoms with Crippen LogP contribution in [0.5, 0.6) is 11.5 Å². The molecule has 0 spiro atoms. The van der Waals surface area contributed by atoms with Gasteiger partial charge in [-0.15, -0.1) is 0 Å². The molecule has 5 heteroatoms. The number of benzene rings is 2. The zero-order valence-electron chi connectivity index (χ0n) is 14.3. The Morgan fingerprint density at radius 3 is 2.08 bits per heavy atom. The molecule has 5 nitrogen and oxygen atoms in total. The third-order valence-corrected chi connectivity index (χ3v) is 3.37. The Bertz CT molecular complexity index is 586. The molecule has 0 aliphatic heterocycles. The Labute approximate surface area is 143 Å². The summed E-state index contributed by atoms with van der Waals surface area (Å²) in [5, 5.41) is 3.39. The summed E-state index contributed by atoms with van der Waals surface area (Å²) in [5.41, 5.74) is 2.20. The lowest BCUT2D eigenvalue weighted by atomic mass is 10.2. The lowest BCUT2D eigenvalue weighted by Crippen LogP contribution is -2.05. The molecule has 0 fully saturated rings. The van der Waals surface area contributed by atoms with E-state index in [1.165, 1.54) is 5.56 Å². The molecule has 2 rings (SSSR count). The maximum absolute atomic E-state index is 5.61. The van der Waals surface area contributed by atoms with Crippen LogP contribution in [0.25, 0.3) is 0 Å². The van der Waals surface area contributed by atoms with Crippen LogP contribution in [0, 0.1) is 0 Å². The number of nitrogens with one attached hydrogen (secondary N) is 1. The van der Waals surface area contributed by atoms with E-state index in [2.05, 4.69) is 5.32 Å². The van der Waals surface area contributed by atoms with Crippen LogP contribution >= 0.6 is 0 Å². The molecule has 0 atom stereocenters. The Kier molecular flexibility index (Phi) is 7.93. The van der Waals surface area contributed by atoms with Crippen molar-refractivity contribution in [2.24, 2.45) is 0 Å². The lowest BCUT2D eigenvalue weighted by molar-refractivity contribution is 0.146. The second-order valence-electron chi connectivity index (χ2n) is 5.21. The minimum absolute atomic E-state index is 0.546. The maximum atomic E-state index is 5.61. The Morgan fingerprint density at radius 1 is 0.750 bits per heavy atom. The van der Waals surface area contributed by atoms with Gasteiger partial charge < -0.3 is 24.3 Å². The van der Waals surface area contributed by atoms with Gasteiger partial charge in [0.25, 0.3) is 0 Å². The predicted octanol–water partition coefficient (Wildman–Crippen LogP) is 3.35. The molecule has 1 N–H and O–H groups in total. The van der Waals surface area contributed by atoms with Crippen molar-refractivity contribution < 1.29 is 18.9 Å². The van der Waals surface area contributed by atoms with Crippen molar-refractivity contribution in [3.63, 3.8) is 0 Å². The highest BCUT2D eigenvalue weighted by Gasteiger charge is 1.99. The van der Waals surface area contributed by atoms with E-state index in [9.17, 15) is 0 Å². The van der Waals surface area contributed by atoms with E-state index in [1.54, 1.807) is 14.2 Å². The SMILES string of the molecule is COCCOc1ccc(CNc2cccc(OCCOC)c2)cc1. The van der Waals surface area contributed by atoms with E-state index in [0.29, 0.717) is 26.4 Å². The molecule has 0 radical (unpaired) electrons. The minimum atomic E-state index is 0.546. The molecule has 130 valence electrons. The summed E-state index contributed by atoms with van der Waals surface area (Å²) >= 11 is 0. The quantitative estimate of drug-likeness (QED) is 0.640. The zero-order valence-corrected chi connectivity index (χ0v) is 14.3. The van der Waals surface area contributed by atoms with Crippen LogP contribution in [0.2, 0.25) is 0 Å². The van der Waals surface area contributed by atoms with E-state index in [4.69, 9.17) is 18.9 Å². The summed E-state index contributed by atoms with van der Waals surface area (Å²) in [6.07, 6.45) is 0. The highest BCUT2D eigenvalue weighted by molar-refractivity contribution is 5.48. The number of anilines is 1. The second kappa shape index (κ2) is 10.5. The van der Waals surface area contributed by atoms with Crippen LogP contribution in [-0.4, -0.2) is 40.6 Å². The van der Waals surface area contributed by atoms with Crippen molar-refractivity contribution in [2.45, 2.75) is 6.54 Å². The number of hydrogen-bond acceptors (Lipinski definition) is 5. The van der Waals surface area contributed by atoms with Crippen molar-refractivity contribution in [2.75, 3.05) is 46.0 Å². The number of rotatable bonds is 11. The van der Waals surface area contributed by atoms with Gasteiger partial charge in [0.15, 0.2) is 0 Å². The topological polar surface area (TPSA) is 49.0 Å². The molecule has 2 aromatic rings. The third-order valence-electron chi connectivity index (χ3n) is 3.37. The predicted molar refractivity (Wildman–Crippen MR) is 95.0 cm³/mol. The van der Waals surface area contributed by atoms with Gasteiger partial charge in [-0.05, 0) is 29.8 Å². The van der Waals surface area contributed by atoms with Crippen molar-refractivity contribution in [1.29, 1.82) is 0 Å². The molecule has 0 amide bonds. The smallest absolute Gasteiger partial charge is 0.121 e. The number of methoxy groups -OCH3 is 2. The van der Waals surface area contributed by atoms with Crippen molar-refractivity contribution in [3.05, 3.63) is 54.1 Å². The van der Waals surface area contributed by atoms with Gasteiger partial charge in [0.2, 0.25) is 0 Å². The molecule has 0 heterocycles. The molecular formula is C19H25NO4. The zero-order chi connectivity index (χ0) is 17.0. The van der Waals surface area contributed by atoms with Gasteiger partial charge in [-0.2, -0.15) is 0 Å². The van der Waals surface area contributed by atoms with Gasteiger partial charge in [0.05, 0.1) is 13.2 Å². The highest BCUT2D eigenvalue weighted by atomic mass is 16.5. The first-order chi connectivity index (χ1) is 11.8. The van der Waals surface area contributed by atoms with E-state index in [1.807, 2.05) is 48.5 Å². The summed E-state index contributed by atoms with van der Waals surface area (Å²) in [4.78, 5) is 0. The van der Waals surface area contributed by atoms with Crippen LogP contribution in [0.15, 0.2) is 48.5 Å². The largest absolute Gasteiger partial charge is 0.491 e. The first-order valence-corrected chi connectivity index (χ1v) is 7.98. The molecule has 0 bridgehead atoms. The summed E-state index contributed by atoms with van der Waals surface area (Å²) < 4.78 is 21.1. The van der Waals surface area contributed by atoms with E-state index in [-0.39, 0.29) is 0 Å². The van der Waals surface area contributed by atoms with Crippen LogP contribution < -0.4 is 14.8 Å². The van der Waals surface area contributed by atoms with Gasteiger partial charge in [-0.3, -0.25) is 0 Å². The average Bonchev–Trinajstić information content (AvgIpc) is 2.62. The molecular weight excluding hydrogens is 306 g/mol. The van der Waals surface area contributed by atoms with Crippen LogP contribution in [0.3, 0.4) is 0 Å². The minimum Gasteiger partial charge on any atom is -0.491 e. The maximum Gasteiger partial charge on any atom is 0.121 e. The molecule has 24 heavy (non-hydrogen) atoms. The first-order valence-electron chi connectivity index (χ1n) is 7.98. The first kappa shape index (κ1) is 18.1. The molecule has 0 aromatic heterocycles. The molecule has 0 unspecified atom stereocenters. The van der Waals surface area contributed by atoms with Crippen LogP contribution in [0.1, 0.15) is 5.56 Å². The van der Waals surface area contributed by atoms with Crippen molar-refractivity contribution >= 4 is 5.69 Å². The summed E-state index contributed by atoms with van der Waals surface area (Å²) in [5.74, 6) is 1.68.